The number of sulfone groups is 1. The van der Waals surface area contributed by atoms with Crippen LogP contribution in [0.3, 0.4) is 0 Å². The number of carbonyl (C=O) groups excluding carboxylic acids is 3. The number of aromatic nitrogens is 1. The van der Waals surface area contributed by atoms with Gasteiger partial charge in [-0.3, -0.25) is 14.4 Å². The van der Waals surface area contributed by atoms with Crippen molar-refractivity contribution < 1.29 is 27.2 Å². The van der Waals surface area contributed by atoms with E-state index >= 15 is 0 Å². The number of nitrogens with one attached hydrogen (secondary N) is 1. The first-order valence-corrected chi connectivity index (χ1v) is 14.3. The number of benzene rings is 2. The molecule has 9 nitrogen and oxygen atoms in total. The average molecular weight is 526 g/mol. The van der Waals surface area contributed by atoms with Gasteiger partial charge in [0.15, 0.2) is 15.4 Å². The molecule has 2 aromatic carbocycles. The molecule has 1 aromatic heterocycles. The highest BCUT2D eigenvalue weighted by Gasteiger charge is 2.30. The Balaban J connectivity index is 1.33. The standard InChI is InChI=1S/C27H31N3O6S/c31-23(27-29-22-11-4-5-13-24(22)36-27)12-8-14-28-26(33)21(17-25(32)30-15-6-7-16-30)19-37(34,35)18-20-9-2-1-3-10-20/h1-5,9-11,13,21H,6-8,12,14-19H2,(H,28,33). The molecule has 0 saturated carbocycles. The zero-order valence-electron chi connectivity index (χ0n) is 20.6. The molecule has 10 heteroatoms. The Hall–Kier alpha value is -3.53. The van der Waals surface area contributed by atoms with Gasteiger partial charge in [-0.05, 0) is 37.0 Å². The van der Waals surface area contributed by atoms with E-state index in [4.69, 9.17) is 4.42 Å². The maximum absolute atomic E-state index is 13.0. The van der Waals surface area contributed by atoms with Crippen molar-refractivity contribution in [2.24, 2.45) is 5.92 Å². The van der Waals surface area contributed by atoms with E-state index in [0.717, 1.165) is 12.8 Å². The van der Waals surface area contributed by atoms with E-state index in [1.54, 1.807) is 59.5 Å². The number of fused-ring (bicyclic) bond motifs is 1. The smallest absolute Gasteiger partial charge is 0.264 e. The van der Waals surface area contributed by atoms with Gasteiger partial charge in [-0.15, -0.1) is 0 Å². The molecule has 0 aliphatic carbocycles. The average Bonchev–Trinajstić information content (AvgIpc) is 3.56. The lowest BCUT2D eigenvalue weighted by atomic mass is 10.1. The van der Waals surface area contributed by atoms with E-state index in [0.29, 0.717) is 36.2 Å². The summed E-state index contributed by atoms with van der Waals surface area (Å²) in [5.74, 6) is -2.60. The van der Waals surface area contributed by atoms with Crippen LogP contribution in [0.15, 0.2) is 59.0 Å². The number of rotatable bonds is 12. The lowest BCUT2D eigenvalue weighted by Gasteiger charge is -2.21. The minimum absolute atomic E-state index is 0.0219. The molecule has 1 N–H and O–H groups in total. The quantitative estimate of drug-likeness (QED) is 0.284. The van der Waals surface area contributed by atoms with E-state index in [-0.39, 0.29) is 42.7 Å². The number of Topliss-reactive ketones (excluding diaryl/α,β-unsaturated/α-hetero) is 1. The van der Waals surface area contributed by atoms with Crippen LogP contribution in [0.4, 0.5) is 0 Å². The Labute approximate surface area is 216 Å². The maximum atomic E-state index is 13.0. The summed E-state index contributed by atoms with van der Waals surface area (Å²) in [6.45, 7) is 1.42. The van der Waals surface area contributed by atoms with Crippen LogP contribution in [0.1, 0.15) is 48.4 Å². The maximum Gasteiger partial charge on any atom is 0.264 e. The summed E-state index contributed by atoms with van der Waals surface area (Å²) >= 11 is 0. The largest absolute Gasteiger partial charge is 0.434 e. The number of carbonyl (C=O) groups is 3. The van der Waals surface area contributed by atoms with Crippen LogP contribution in [-0.2, 0) is 25.2 Å². The number of oxazole rings is 1. The van der Waals surface area contributed by atoms with Crippen LogP contribution in [0.25, 0.3) is 11.1 Å². The van der Waals surface area contributed by atoms with Crippen molar-refractivity contribution in [3.8, 4) is 0 Å². The third kappa shape index (κ3) is 7.48. The summed E-state index contributed by atoms with van der Waals surface area (Å²) in [5, 5.41) is 2.72. The van der Waals surface area contributed by atoms with Crippen molar-refractivity contribution in [3.05, 3.63) is 66.1 Å². The molecule has 0 spiro atoms. The first-order chi connectivity index (χ1) is 17.8. The molecule has 1 aliphatic rings. The second-order valence-electron chi connectivity index (χ2n) is 9.33. The molecule has 1 aliphatic heterocycles. The molecule has 0 bridgehead atoms. The molecule has 196 valence electrons. The fraction of sp³-hybridized carbons (Fsp3) is 0.407. The molecule has 1 saturated heterocycles. The van der Waals surface area contributed by atoms with Crippen LogP contribution in [0, 0.1) is 5.92 Å². The summed E-state index contributed by atoms with van der Waals surface area (Å²) in [5.41, 5.74) is 1.76. The van der Waals surface area contributed by atoms with Crippen LogP contribution in [0.5, 0.6) is 0 Å². The molecule has 37 heavy (non-hydrogen) atoms. The van der Waals surface area contributed by atoms with E-state index in [2.05, 4.69) is 10.3 Å². The number of amides is 2. The van der Waals surface area contributed by atoms with Crippen molar-refractivity contribution >= 4 is 38.5 Å². The van der Waals surface area contributed by atoms with E-state index < -0.39 is 27.4 Å². The molecular formula is C27H31N3O6S. The van der Waals surface area contributed by atoms with Gasteiger partial charge >= 0.3 is 0 Å². The van der Waals surface area contributed by atoms with Gasteiger partial charge in [0.2, 0.25) is 17.6 Å². The van der Waals surface area contributed by atoms with Crippen molar-refractivity contribution in [2.45, 2.75) is 37.9 Å². The van der Waals surface area contributed by atoms with E-state index in [1.165, 1.54) is 0 Å². The van der Waals surface area contributed by atoms with Crippen molar-refractivity contribution in [2.75, 3.05) is 25.4 Å². The molecule has 2 heterocycles. The van der Waals surface area contributed by atoms with Crippen molar-refractivity contribution in [1.29, 1.82) is 0 Å². The van der Waals surface area contributed by atoms with Gasteiger partial charge < -0.3 is 14.6 Å². The van der Waals surface area contributed by atoms with Crippen LogP contribution < -0.4 is 5.32 Å². The number of ketones is 1. The van der Waals surface area contributed by atoms with Crippen molar-refractivity contribution in [1.82, 2.24) is 15.2 Å². The minimum atomic E-state index is -3.65. The summed E-state index contributed by atoms with van der Waals surface area (Å²) in [6.07, 6.45) is 2.08. The summed E-state index contributed by atoms with van der Waals surface area (Å²) in [4.78, 5) is 44.1. The zero-order chi connectivity index (χ0) is 26.3. The monoisotopic (exact) mass is 525 g/mol. The van der Waals surface area contributed by atoms with Gasteiger partial charge in [0.25, 0.3) is 5.89 Å². The Morgan fingerprint density at radius 2 is 1.70 bits per heavy atom. The Morgan fingerprint density at radius 3 is 2.43 bits per heavy atom. The molecular weight excluding hydrogens is 494 g/mol. The second-order valence-corrected chi connectivity index (χ2v) is 11.4. The number of likely N-dealkylation sites (tertiary alicyclic amines) is 1. The Bertz CT molecular complexity index is 1310. The topological polar surface area (TPSA) is 127 Å². The second kappa shape index (κ2) is 12.1. The predicted octanol–water partition coefficient (Wildman–Crippen LogP) is 3.15. The molecule has 1 unspecified atom stereocenters. The van der Waals surface area contributed by atoms with Gasteiger partial charge in [-0.1, -0.05) is 42.5 Å². The third-order valence-corrected chi connectivity index (χ3v) is 8.03. The third-order valence-electron chi connectivity index (χ3n) is 6.35. The molecule has 4 rings (SSSR count). The highest BCUT2D eigenvalue weighted by atomic mass is 32.2. The lowest BCUT2D eigenvalue weighted by Crippen LogP contribution is -2.39. The number of para-hydroxylation sites is 2. The number of hydrogen-bond donors (Lipinski definition) is 1. The first kappa shape index (κ1) is 26.5. The first-order valence-electron chi connectivity index (χ1n) is 12.5. The Kier molecular flexibility index (Phi) is 8.70. The summed E-state index contributed by atoms with van der Waals surface area (Å²) in [7, 11) is -3.65. The van der Waals surface area contributed by atoms with Crippen molar-refractivity contribution in [3.63, 3.8) is 0 Å². The van der Waals surface area contributed by atoms with Gasteiger partial charge in [-0.2, -0.15) is 0 Å². The fourth-order valence-electron chi connectivity index (χ4n) is 4.43. The SMILES string of the molecule is O=C(CCCNC(=O)C(CC(=O)N1CCCC1)CS(=O)(=O)Cc1ccccc1)c1nc2ccccc2o1. The lowest BCUT2D eigenvalue weighted by molar-refractivity contribution is -0.135. The minimum Gasteiger partial charge on any atom is -0.434 e. The molecule has 1 fully saturated rings. The van der Waals surface area contributed by atoms with Crippen LogP contribution >= 0.6 is 0 Å². The fourth-order valence-corrected chi connectivity index (χ4v) is 6.13. The predicted molar refractivity (Wildman–Crippen MR) is 138 cm³/mol. The zero-order valence-corrected chi connectivity index (χ0v) is 21.4. The number of nitrogens with zero attached hydrogens (tertiary/aromatic N) is 2. The van der Waals surface area contributed by atoms with E-state index in [9.17, 15) is 22.8 Å². The van der Waals surface area contributed by atoms with Crippen LogP contribution in [-0.4, -0.2) is 61.3 Å². The highest BCUT2D eigenvalue weighted by molar-refractivity contribution is 7.90. The molecule has 2 amide bonds. The number of hydrogen-bond acceptors (Lipinski definition) is 7. The van der Waals surface area contributed by atoms with Gasteiger partial charge in [0, 0.05) is 32.5 Å². The normalized spacial score (nSPS) is 14.5. The van der Waals surface area contributed by atoms with Gasteiger partial charge in [-0.25, -0.2) is 13.4 Å². The van der Waals surface area contributed by atoms with Gasteiger partial charge in [0.1, 0.15) is 5.52 Å². The Morgan fingerprint density at radius 1 is 1.00 bits per heavy atom. The molecule has 0 radical (unpaired) electrons. The van der Waals surface area contributed by atoms with Gasteiger partial charge in [0.05, 0.1) is 17.4 Å². The van der Waals surface area contributed by atoms with E-state index in [1.807, 2.05) is 0 Å². The molecule has 1 atom stereocenters. The summed E-state index contributed by atoms with van der Waals surface area (Å²) < 4.78 is 31.3. The summed E-state index contributed by atoms with van der Waals surface area (Å²) in [6, 6.07) is 15.8. The molecule has 3 aromatic rings. The highest BCUT2D eigenvalue weighted by Crippen LogP contribution is 2.18. The van der Waals surface area contributed by atoms with Crippen LogP contribution in [0.2, 0.25) is 0 Å².